The molecule has 0 heterocycles. The third-order valence-electron chi connectivity index (χ3n) is 3.19. The summed E-state index contributed by atoms with van der Waals surface area (Å²) in [7, 11) is 0. The average molecular weight is 284 g/mol. The van der Waals surface area contributed by atoms with E-state index in [1.807, 2.05) is 31.2 Å². The normalized spacial score (nSPS) is 10.2. The number of rotatable bonds is 5. The van der Waals surface area contributed by atoms with Crippen molar-refractivity contribution >= 4 is 11.6 Å². The van der Waals surface area contributed by atoms with Gasteiger partial charge < -0.3 is 15.8 Å². The van der Waals surface area contributed by atoms with E-state index in [4.69, 9.17) is 10.5 Å². The van der Waals surface area contributed by atoms with Crippen molar-refractivity contribution in [3.63, 3.8) is 0 Å². The Balaban J connectivity index is 2.31. The molecule has 0 saturated carbocycles. The first kappa shape index (κ1) is 14.9. The van der Waals surface area contributed by atoms with Gasteiger partial charge in [-0.3, -0.25) is 4.79 Å². The molecular weight excluding hydrogens is 264 g/mol. The molecule has 0 radical (unpaired) electrons. The highest BCUT2D eigenvalue weighted by Crippen LogP contribution is 2.30. The van der Waals surface area contributed by atoms with Gasteiger partial charge in [0.2, 0.25) is 0 Å². The number of benzene rings is 2. The summed E-state index contributed by atoms with van der Waals surface area (Å²) in [6.45, 7) is 4.53. The molecule has 0 bridgehead atoms. The Kier molecular flexibility index (Phi) is 4.82. The first-order chi connectivity index (χ1) is 10.2. The molecule has 4 heteroatoms. The fourth-order valence-electron chi connectivity index (χ4n) is 2.04. The van der Waals surface area contributed by atoms with Crippen LogP contribution in [0.1, 0.15) is 29.8 Å². The molecule has 4 nitrogen and oxygen atoms in total. The lowest BCUT2D eigenvalue weighted by Crippen LogP contribution is -2.22. The van der Waals surface area contributed by atoms with Crippen LogP contribution in [0.5, 0.6) is 11.5 Å². The van der Waals surface area contributed by atoms with Gasteiger partial charge in [0.05, 0.1) is 5.69 Å². The van der Waals surface area contributed by atoms with Crippen LogP contribution in [0.15, 0.2) is 42.5 Å². The zero-order chi connectivity index (χ0) is 15.2. The lowest BCUT2D eigenvalue weighted by Gasteiger charge is -2.13. The lowest BCUT2D eigenvalue weighted by molar-refractivity contribution is 0.0955. The van der Waals surface area contributed by atoms with Crippen molar-refractivity contribution in [1.29, 1.82) is 0 Å². The van der Waals surface area contributed by atoms with Crippen LogP contribution in [0.3, 0.4) is 0 Å². The molecule has 0 saturated heterocycles. The molecule has 0 fully saturated rings. The van der Waals surface area contributed by atoms with E-state index in [9.17, 15) is 4.79 Å². The van der Waals surface area contributed by atoms with Crippen molar-refractivity contribution in [3.05, 3.63) is 53.6 Å². The van der Waals surface area contributed by atoms with Crippen molar-refractivity contribution in [1.82, 2.24) is 5.32 Å². The Hall–Kier alpha value is -2.49. The highest BCUT2D eigenvalue weighted by Gasteiger charge is 2.10. The van der Waals surface area contributed by atoms with Gasteiger partial charge >= 0.3 is 0 Å². The van der Waals surface area contributed by atoms with Crippen molar-refractivity contribution in [2.24, 2.45) is 0 Å². The number of nitrogen functional groups attached to an aromatic ring is 1. The van der Waals surface area contributed by atoms with Gasteiger partial charge in [-0.05, 0) is 43.2 Å². The topological polar surface area (TPSA) is 64.4 Å². The summed E-state index contributed by atoms with van der Waals surface area (Å²) in [4.78, 5) is 11.9. The van der Waals surface area contributed by atoms with Gasteiger partial charge in [0.1, 0.15) is 5.75 Å². The molecule has 2 aromatic carbocycles. The molecule has 2 rings (SSSR count). The lowest BCUT2D eigenvalue weighted by atomic mass is 10.1. The van der Waals surface area contributed by atoms with Gasteiger partial charge in [-0.25, -0.2) is 0 Å². The number of amides is 1. The van der Waals surface area contributed by atoms with Crippen LogP contribution in [-0.4, -0.2) is 12.5 Å². The Bertz CT molecular complexity index is 638. The molecule has 0 aliphatic rings. The van der Waals surface area contributed by atoms with Crippen molar-refractivity contribution in [2.45, 2.75) is 20.3 Å². The third kappa shape index (κ3) is 3.54. The van der Waals surface area contributed by atoms with Crippen molar-refractivity contribution in [3.8, 4) is 11.5 Å². The van der Waals surface area contributed by atoms with Crippen LogP contribution in [-0.2, 0) is 6.42 Å². The van der Waals surface area contributed by atoms with E-state index < -0.39 is 0 Å². The average Bonchev–Trinajstić information content (AvgIpc) is 2.50. The molecule has 110 valence electrons. The number of hydrogen-bond acceptors (Lipinski definition) is 3. The summed E-state index contributed by atoms with van der Waals surface area (Å²) < 4.78 is 5.90. The molecule has 0 aromatic heterocycles. The van der Waals surface area contributed by atoms with Crippen LogP contribution in [0.25, 0.3) is 0 Å². The Morgan fingerprint density at radius 1 is 1.14 bits per heavy atom. The fourth-order valence-corrected chi connectivity index (χ4v) is 2.04. The first-order valence-corrected chi connectivity index (χ1v) is 7.09. The maximum atomic E-state index is 11.9. The van der Waals surface area contributed by atoms with Gasteiger partial charge in [0.25, 0.3) is 5.91 Å². The van der Waals surface area contributed by atoms with Crippen molar-refractivity contribution < 1.29 is 9.53 Å². The summed E-state index contributed by atoms with van der Waals surface area (Å²) in [5.41, 5.74) is 8.09. The Labute approximate surface area is 124 Å². The van der Waals surface area contributed by atoms with E-state index in [0.717, 1.165) is 17.7 Å². The second kappa shape index (κ2) is 6.79. The standard InChI is InChI=1S/C17H20N2O2/c1-3-12-7-5-6-8-15(12)21-16-11-13(9-10-14(16)18)17(20)19-4-2/h5-11H,3-4,18H2,1-2H3,(H,19,20). The minimum absolute atomic E-state index is 0.133. The number of nitrogens with one attached hydrogen (secondary N) is 1. The summed E-state index contributed by atoms with van der Waals surface area (Å²) in [6, 6.07) is 12.9. The van der Waals surface area contributed by atoms with E-state index in [-0.39, 0.29) is 5.91 Å². The molecular formula is C17H20N2O2. The number of hydrogen-bond donors (Lipinski definition) is 2. The molecule has 21 heavy (non-hydrogen) atoms. The molecule has 1 amide bonds. The number of carbonyl (C=O) groups excluding carboxylic acids is 1. The van der Waals surface area contributed by atoms with Crippen LogP contribution in [0, 0.1) is 0 Å². The van der Waals surface area contributed by atoms with Gasteiger partial charge in [-0.1, -0.05) is 25.1 Å². The second-order valence-electron chi connectivity index (χ2n) is 4.68. The fraction of sp³-hybridized carbons (Fsp3) is 0.235. The predicted octanol–water partition coefficient (Wildman–Crippen LogP) is 3.37. The monoisotopic (exact) mass is 284 g/mol. The smallest absolute Gasteiger partial charge is 0.251 e. The third-order valence-corrected chi connectivity index (χ3v) is 3.19. The summed E-state index contributed by atoms with van der Waals surface area (Å²) in [6.07, 6.45) is 0.867. The maximum absolute atomic E-state index is 11.9. The number of aryl methyl sites for hydroxylation is 1. The minimum atomic E-state index is -0.133. The summed E-state index contributed by atoms with van der Waals surface area (Å²) in [5.74, 6) is 1.13. The molecule has 0 atom stereocenters. The highest BCUT2D eigenvalue weighted by molar-refractivity contribution is 5.95. The van der Waals surface area contributed by atoms with Gasteiger partial charge in [-0.2, -0.15) is 0 Å². The van der Waals surface area contributed by atoms with E-state index >= 15 is 0 Å². The molecule has 0 unspecified atom stereocenters. The van der Waals surface area contributed by atoms with Gasteiger partial charge in [0.15, 0.2) is 5.75 Å². The number of anilines is 1. The van der Waals surface area contributed by atoms with E-state index in [1.165, 1.54) is 0 Å². The number of para-hydroxylation sites is 1. The van der Waals surface area contributed by atoms with Gasteiger partial charge in [-0.15, -0.1) is 0 Å². The Morgan fingerprint density at radius 3 is 2.62 bits per heavy atom. The van der Waals surface area contributed by atoms with Crippen LogP contribution in [0.2, 0.25) is 0 Å². The SMILES string of the molecule is CCNC(=O)c1ccc(N)c(Oc2ccccc2CC)c1. The first-order valence-electron chi connectivity index (χ1n) is 7.09. The zero-order valence-electron chi connectivity index (χ0n) is 12.3. The Morgan fingerprint density at radius 2 is 1.90 bits per heavy atom. The van der Waals surface area contributed by atoms with E-state index in [1.54, 1.807) is 18.2 Å². The molecule has 0 aliphatic carbocycles. The maximum Gasteiger partial charge on any atom is 0.251 e. The predicted molar refractivity (Wildman–Crippen MR) is 84.8 cm³/mol. The summed E-state index contributed by atoms with van der Waals surface area (Å²) in [5, 5.41) is 2.76. The number of carbonyl (C=O) groups is 1. The summed E-state index contributed by atoms with van der Waals surface area (Å²) >= 11 is 0. The number of nitrogens with two attached hydrogens (primary N) is 1. The van der Waals surface area contributed by atoms with Gasteiger partial charge in [0, 0.05) is 12.1 Å². The van der Waals surface area contributed by atoms with Crippen molar-refractivity contribution in [2.75, 3.05) is 12.3 Å². The number of ether oxygens (including phenoxy) is 1. The molecule has 2 aromatic rings. The molecule has 0 spiro atoms. The van der Waals surface area contributed by atoms with Crippen LogP contribution in [0.4, 0.5) is 5.69 Å². The second-order valence-corrected chi connectivity index (χ2v) is 4.68. The highest BCUT2D eigenvalue weighted by atomic mass is 16.5. The minimum Gasteiger partial charge on any atom is -0.455 e. The largest absolute Gasteiger partial charge is 0.455 e. The van der Waals surface area contributed by atoms with Crippen LogP contribution < -0.4 is 15.8 Å². The van der Waals surface area contributed by atoms with Crippen LogP contribution >= 0.6 is 0 Å². The zero-order valence-corrected chi connectivity index (χ0v) is 12.3. The van der Waals surface area contributed by atoms with E-state index in [2.05, 4.69) is 12.2 Å². The molecule has 3 N–H and O–H groups in total. The molecule has 0 aliphatic heterocycles. The van der Waals surface area contributed by atoms with E-state index in [0.29, 0.717) is 23.5 Å². The quantitative estimate of drug-likeness (QED) is 0.827.